The van der Waals surface area contributed by atoms with Gasteiger partial charge in [-0.15, -0.1) is 0 Å². The molecule has 0 fully saturated rings. The molecular formula is C13H18N2OS. The Bertz CT molecular complexity index is 451. The van der Waals surface area contributed by atoms with Crippen LogP contribution in [-0.4, -0.2) is 16.5 Å². The Balaban J connectivity index is 2.69. The first-order valence-electron chi connectivity index (χ1n) is 5.61. The number of benzene rings is 1. The van der Waals surface area contributed by atoms with E-state index in [1.54, 1.807) is 6.07 Å². The molecule has 0 amide bonds. The molecule has 0 bridgehead atoms. The van der Waals surface area contributed by atoms with Crippen LogP contribution in [-0.2, 0) is 16.6 Å². The van der Waals surface area contributed by atoms with Gasteiger partial charge in [-0.1, -0.05) is 13.0 Å². The second-order valence-corrected chi connectivity index (χ2v) is 5.85. The van der Waals surface area contributed by atoms with Crippen molar-refractivity contribution >= 4 is 10.8 Å². The topological polar surface area (TPSA) is 66.9 Å². The highest BCUT2D eigenvalue weighted by atomic mass is 32.2. The average molecular weight is 250 g/mol. The van der Waals surface area contributed by atoms with E-state index in [1.165, 1.54) is 0 Å². The van der Waals surface area contributed by atoms with Gasteiger partial charge in [0, 0.05) is 22.3 Å². The third-order valence-electron chi connectivity index (χ3n) is 2.66. The molecule has 2 N–H and O–H groups in total. The largest absolute Gasteiger partial charge is 0.330 e. The molecule has 4 heteroatoms. The molecule has 2 unspecified atom stereocenters. The third kappa shape index (κ3) is 4.29. The maximum Gasteiger partial charge on any atom is 0.0991 e. The fraction of sp³-hybridized carbons (Fsp3) is 0.462. The molecule has 0 spiro atoms. The Kier molecular flexibility index (Phi) is 5.33. The second-order valence-electron chi connectivity index (χ2n) is 4.34. The highest BCUT2D eigenvalue weighted by Crippen LogP contribution is 2.13. The van der Waals surface area contributed by atoms with Crippen molar-refractivity contribution in [2.24, 2.45) is 11.7 Å². The monoisotopic (exact) mass is 250 g/mol. The van der Waals surface area contributed by atoms with Crippen molar-refractivity contribution < 1.29 is 4.21 Å². The minimum Gasteiger partial charge on any atom is -0.330 e. The van der Waals surface area contributed by atoms with Crippen molar-refractivity contribution in [1.82, 2.24) is 0 Å². The quantitative estimate of drug-likeness (QED) is 0.865. The third-order valence-corrected chi connectivity index (χ3v) is 4.23. The summed E-state index contributed by atoms with van der Waals surface area (Å²) >= 11 is 0. The molecule has 92 valence electrons. The number of hydrogen-bond donors (Lipinski definition) is 1. The van der Waals surface area contributed by atoms with Crippen LogP contribution in [0.5, 0.6) is 0 Å². The van der Waals surface area contributed by atoms with Gasteiger partial charge in [0.2, 0.25) is 0 Å². The van der Waals surface area contributed by atoms with Crippen LogP contribution in [0.3, 0.4) is 0 Å². The van der Waals surface area contributed by atoms with E-state index in [0.717, 1.165) is 11.1 Å². The van der Waals surface area contributed by atoms with Gasteiger partial charge in [0.25, 0.3) is 0 Å². The second kappa shape index (κ2) is 6.53. The predicted octanol–water partition coefficient (Wildman–Crippen LogP) is 1.71. The summed E-state index contributed by atoms with van der Waals surface area (Å²) in [6.45, 7) is 4.52. The Morgan fingerprint density at radius 1 is 1.53 bits per heavy atom. The van der Waals surface area contributed by atoms with Crippen LogP contribution in [0, 0.1) is 24.2 Å². The van der Waals surface area contributed by atoms with Gasteiger partial charge in [0.15, 0.2) is 0 Å². The number of aryl methyl sites for hydroxylation is 1. The number of rotatable bonds is 5. The molecule has 1 aromatic rings. The summed E-state index contributed by atoms with van der Waals surface area (Å²) in [5, 5.41) is 8.76. The maximum atomic E-state index is 11.9. The van der Waals surface area contributed by atoms with E-state index in [4.69, 9.17) is 11.0 Å². The first-order chi connectivity index (χ1) is 8.06. The number of hydrogen-bond acceptors (Lipinski definition) is 3. The lowest BCUT2D eigenvalue weighted by atomic mass is 10.1. The van der Waals surface area contributed by atoms with Crippen molar-refractivity contribution in [3.05, 3.63) is 34.9 Å². The van der Waals surface area contributed by atoms with Gasteiger partial charge in [-0.3, -0.25) is 4.21 Å². The molecule has 1 rings (SSSR count). The molecule has 1 aromatic carbocycles. The van der Waals surface area contributed by atoms with Gasteiger partial charge < -0.3 is 5.73 Å². The van der Waals surface area contributed by atoms with Gasteiger partial charge >= 0.3 is 0 Å². The van der Waals surface area contributed by atoms with Gasteiger partial charge in [-0.2, -0.15) is 5.26 Å². The van der Waals surface area contributed by atoms with Crippen LogP contribution >= 0.6 is 0 Å². The number of nitriles is 1. The SMILES string of the molecule is Cc1cc(C#N)ccc1CS(=O)CC(C)CN. The predicted molar refractivity (Wildman–Crippen MR) is 70.8 cm³/mol. The number of nitrogens with two attached hydrogens (primary N) is 1. The van der Waals surface area contributed by atoms with E-state index < -0.39 is 10.8 Å². The summed E-state index contributed by atoms with van der Waals surface area (Å²) in [4.78, 5) is 0. The van der Waals surface area contributed by atoms with Crippen LogP contribution in [0.2, 0.25) is 0 Å². The first-order valence-corrected chi connectivity index (χ1v) is 7.10. The summed E-state index contributed by atoms with van der Waals surface area (Å²) in [6.07, 6.45) is 0. The zero-order chi connectivity index (χ0) is 12.8. The van der Waals surface area contributed by atoms with Gasteiger partial charge in [0.05, 0.1) is 11.6 Å². The first kappa shape index (κ1) is 13.9. The molecule has 2 atom stereocenters. The van der Waals surface area contributed by atoms with Crippen LogP contribution < -0.4 is 5.73 Å². The van der Waals surface area contributed by atoms with E-state index >= 15 is 0 Å². The lowest BCUT2D eigenvalue weighted by molar-refractivity contribution is 0.640. The zero-order valence-electron chi connectivity index (χ0n) is 10.3. The van der Waals surface area contributed by atoms with Crippen molar-refractivity contribution in [3.8, 4) is 6.07 Å². The van der Waals surface area contributed by atoms with Gasteiger partial charge in [0.1, 0.15) is 0 Å². The summed E-state index contributed by atoms with van der Waals surface area (Å²) < 4.78 is 11.9. The Labute approximate surface area is 105 Å². The molecule has 0 aliphatic heterocycles. The van der Waals surface area contributed by atoms with E-state index in [2.05, 4.69) is 6.07 Å². The van der Waals surface area contributed by atoms with Crippen molar-refractivity contribution in [3.63, 3.8) is 0 Å². The molecule has 0 aliphatic rings. The van der Waals surface area contributed by atoms with Crippen molar-refractivity contribution in [2.45, 2.75) is 19.6 Å². The normalized spacial score (nSPS) is 14.0. The van der Waals surface area contributed by atoms with Crippen LogP contribution in [0.4, 0.5) is 0 Å². The van der Waals surface area contributed by atoms with E-state index in [9.17, 15) is 4.21 Å². The Morgan fingerprint density at radius 2 is 2.24 bits per heavy atom. The Morgan fingerprint density at radius 3 is 2.76 bits per heavy atom. The van der Waals surface area contributed by atoms with Crippen LogP contribution in [0.15, 0.2) is 18.2 Å². The number of nitrogens with zero attached hydrogens (tertiary/aromatic N) is 1. The summed E-state index contributed by atoms with van der Waals surface area (Å²) in [6, 6.07) is 7.59. The lowest BCUT2D eigenvalue weighted by Gasteiger charge is -2.09. The lowest BCUT2D eigenvalue weighted by Crippen LogP contribution is -2.18. The molecule has 3 nitrogen and oxygen atoms in total. The van der Waals surface area contributed by atoms with E-state index in [0.29, 0.717) is 23.6 Å². The average Bonchev–Trinajstić information content (AvgIpc) is 2.31. The fourth-order valence-corrected chi connectivity index (χ4v) is 3.10. The molecule has 0 aromatic heterocycles. The summed E-state index contributed by atoms with van der Waals surface area (Å²) in [5.74, 6) is 1.46. The highest BCUT2D eigenvalue weighted by molar-refractivity contribution is 7.84. The van der Waals surface area contributed by atoms with Crippen LogP contribution in [0.1, 0.15) is 23.6 Å². The van der Waals surface area contributed by atoms with Gasteiger partial charge in [-0.05, 0) is 42.6 Å². The van der Waals surface area contributed by atoms with Crippen molar-refractivity contribution in [1.29, 1.82) is 5.26 Å². The summed E-state index contributed by atoms with van der Waals surface area (Å²) in [5.41, 5.74) is 8.23. The van der Waals surface area contributed by atoms with E-state index in [-0.39, 0.29) is 5.92 Å². The van der Waals surface area contributed by atoms with Crippen LogP contribution in [0.25, 0.3) is 0 Å². The molecule has 0 radical (unpaired) electrons. The molecular weight excluding hydrogens is 232 g/mol. The smallest absolute Gasteiger partial charge is 0.0991 e. The summed E-state index contributed by atoms with van der Waals surface area (Å²) in [7, 11) is -0.883. The highest BCUT2D eigenvalue weighted by Gasteiger charge is 2.09. The standard InChI is InChI=1S/C13H18N2OS/c1-10(6-14)8-17(16)9-13-4-3-12(7-15)5-11(13)2/h3-5,10H,6,8-9,14H2,1-2H3. The molecule has 0 saturated carbocycles. The Hall–Kier alpha value is -1.18. The molecule has 0 aliphatic carbocycles. The molecule has 0 saturated heterocycles. The minimum absolute atomic E-state index is 0.287. The minimum atomic E-state index is -0.883. The zero-order valence-corrected chi connectivity index (χ0v) is 11.1. The van der Waals surface area contributed by atoms with Gasteiger partial charge in [-0.25, -0.2) is 0 Å². The maximum absolute atomic E-state index is 11.9. The van der Waals surface area contributed by atoms with Crippen molar-refractivity contribution in [2.75, 3.05) is 12.3 Å². The molecule has 17 heavy (non-hydrogen) atoms. The fourth-order valence-electron chi connectivity index (χ4n) is 1.55. The molecule has 0 heterocycles. The van der Waals surface area contributed by atoms with E-state index in [1.807, 2.05) is 26.0 Å².